The van der Waals surface area contributed by atoms with Gasteiger partial charge in [0, 0.05) is 28.0 Å². The van der Waals surface area contributed by atoms with Gasteiger partial charge in [-0.25, -0.2) is 4.68 Å². The van der Waals surface area contributed by atoms with Crippen molar-refractivity contribution in [2.75, 3.05) is 10.6 Å². The molecule has 0 radical (unpaired) electrons. The van der Waals surface area contributed by atoms with E-state index in [9.17, 15) is 11.9 Å². The van der Waals surface area contributed by atoms with Crippen LogP contribution in [0.1, 0.15) is 48.7 Å². The zero-order chi connectivity index (χ0) is 27.9. The highest BCUT2D eigenvalue weighted by Crippen LogP contribution is 2.38. The molecule has 10 heteroatoms. The predicted molar refractivity (Wildman–Crippen MR) is 151 cm³/mol. The van der Waals surface area contributed by atoms with Gasteiger partial charge in [-0.05, 0) is 60.9 Å². The second kappa shape index (κ2) is 10.3. The van der Waals surface area contributed by atoms with Crippen LogP contribution in [-0.2, 0) is 0 Å². The Morgan fingerprint density at radius 1 is 1.03 bits per heavy atom. The Bertz CT molecular complexity index is 1850. The van der Waals surface area contributed by atoms with Crippen LogP contribution in [0.3, 0.4) is 0 Å². The smallest absolute Gasteiger partial charge is 0.109 e. The first-order valence-corrected chi connectivity index (χ1v) is 12.9. The number of anilines is 3. The van der Waals surface area contributed by atoms with E-state index in [1.165, 1.54) is 6.20 Å². The fraction of sp³-hybridized carbons (Fsp3) is 0.138. The van der Waals surface area contributed by atoms with E-state index in [1.54, 1.807) is 65.5 Å². The van der Waals surface area contributed by atoms with Crippen LogP contribution in [0.5, 0.6) is 0 Å². The highest BCUT2D eigenvalue weighted by molar-refractivity contribution is 6.36. The molecule has 0 saturated heterocycles. The molecule has 0 spiro atoms. The lowest BCUT2D eigenvalue weighted by Crippen LogP contribution is -2.13. The normalized spacial score (nSPS) is 14.6. The molecular weight excluding hydrogens is 531 g/mol. The second-order valence-corrected chi connectivity index (χ2v) is 10.00. The standard InChI is InChI=1S/C29H20Cl2N8/c30-20-5-2-6-21(10-20)35-27-19(14-33)15-34-29-24(27)11-22(12-25(29)31)36-28(18-4-1-3-17(9-18)13-32)26-16-39(38-37-26)23-7-8-23/h1-6,9-12,15-16,23,28,36H,7-8H2,(H,34,35)/t28-/m1/s1/i28D. The van der Waals surface area contributed by atoms with E-state index >= 15 is 0 Å². The Balaban J connectivity index is 1.49. The van der Waals surface area contributed by atoms with E-state index < -0.39 is 6.02 Å². The van der Waals surface area contributed by atoms with Crippen molar-refractivity contribution in [1.82, 2.24) is 20.0 Å². The van der Waals surface area contributed by atoms with Crippen molar-refractivity contribution in [3.63, 3.8) is 0 Å². The lowest BCUT2D eigenvalue weighted by Gasteiger charge is -2.20. The number of aromatic nitrogens is 4. The number of hydrogen-bond acceptors (Lipinski definition) is 7. The van der Waals surface area contributed by atoms with E-state index in [-0.39, 0.29) is 6.04 Å². The molecule has 2 aromatic heterocycles. The third kappa shape index (κ3) is 5.08. The Kier molecular flexibility index (Phi) is 6.18. The first-order valence-electron chi connectivity index (χ1n) is 12.6. The van der Waals surface area contributed by atoms with Gasteiger partial charge in [-0.3, -0.25) is 4.98 Å². The molecule has 3 aromatic carbocycles. The van der Waals surface area contributed by atoms with Crippen molar-refractivity contribution >= 4 is 51.2 Å². The first-order chi connectivity index (χ1) is 19.4. The average molecular weight is 552 g/mol. The van der Waals surface area contributed by atoms with E-state index in [2.05, 4.69) is 38.1 Å². The molecule has 0 unspecified atom stereocenters. The number of nitriles is 2. The maximum atomic E-state index is 9.86. The van der Waals surface area contributed by atoms with Crippen molar-refractivity contribution < 1.29 is 1.37 Å². The van der Waals surface area contributed by atoms with Crippen LogP contribution in [0.2, 0.25) is 10.0 Å². The zero-order valence-electron chi connectivity index (χ0n) is 21.4. The maximum Gasteiger partial charge on any atom is 0.109 e. The number of nitrogens with one attached hydrogen (secondary N) is 2. The van der Waals surface area contributed by atoms with Crippen molar-refractivity contribution in [3.8, 4) is 12.1 Å². The van der Waals surface area contributed by atoms with Crippen LogP contribution in [0.15, 0.2) is 73.1 Å². The Hall–Kier alpha value is -4.63. The minimum atomic E-state index is -1.61. The lowest BCUT2D eigenvalue weighted by atomic mass is 10.0. The summed E-state index contributed by atoms with van der Waals surface area (Å²) >= 11 is 12.9. The molecule has 190 valence electrons. The molecule has 2 heterocycles. The molecule has 1 atom stereocenters. The third-order valence-electron chi connectivity index (χ3n) is 6.38. The van der Waals surface area contributed by atoms with Gasteiger partial charge < -0.3 is 10.6 Å². The number of benzene rings is 3. The van der Waals surface area contributed by atoms with Gasteiger partial charge in [0.25, 0.3) is 0 Å². The summed E-state index contributed by atoms with van der Waals surface area (Å²) in [6, 6.07) is 20.4. The van der Waals surface area contributed by atoms with E-state index in [1.807, 2.05) is 6.07 Å². The largest absolute Gasteiger partial charge is 0.373 e. The third-order valence-corrected chi connectivity index (χ3v) is 6.90. The van der Waals surface area contributed by atoms with E-state index in [4.69, 9.17) is 23.2 Å². The fourth-order valence-corrected chi connectivity index (χ4v) is 4.80. The van der Waals surface area contributed by atoms with Gasteiger partial charge in [0.2, 0.25) is 0 Å². The van der Waals surface area contributed by atoms with Crippen LogP contribution in [-0.4, -0.2) is 20.0 Å². The molecule has 0 aliphatic heterocycles. The fourth-order valence-electron chi connectivity index (χ4n) is 4.34. The Morgan fingerprint density at radius 2 is 1.87 bits per heavy atom. The average Bonchev–Trinajstić information content (AvgIpc) is 3.69. The summed E-state index contributed by atoms with van der Waals surface area (Å²) < 4.78 is 11.4. The molecule has 2 N–H and O–H groups in total. The molecule has 6 rings (SSSR count). The van der Waals surface area contributed by atoms with Crippen LogP contribution in [0.4, 0.5) is 17.1 Å². The van der Waals surface area contributed by atoms with E-state index in [0.29, 0.717) is 60.4 Å². The van der Waals surface area contributed by atoms with Gasteiger partial charge in [-0.1, -0.05) is 46.6 Å². The van der Waals surface area contributed by atoms with Crippen LogP contribution in [0.25, 0.3) is 10.9 Å². The second-order valence-electron chi connectivity index (χ2n) is 9.16. The van der Waals surface area contributed by atoms with Gasteiger partial charge in [0.15, 0.2) is 0 Å². The summed E-state index contributed by atoms with van der Waals surface area (Å²) in [4.78, 5) is 4.42. The summed E-state index contributed by atoms with van der Waals surface area (Å²) in [6.07, 6.45) is 5.26. The lowest BCUT2D eigenvalue weighted by molar-refractivity contribution is 0.610. The molecule has 8 nitrogen and oxygen atoms in total. The summed E-state index contributed by atoms with van der Waals surface area (Å²) in [7, 11) is 0. The number of hydrogen-bond donors (Lipinski definition) is 2. The van der Waals surface area contributed by atoms with Crippen LogP contribution in [0, 0.1) is 22.7 Å². The topological polar surface area (TPSA) is 115 Å². The minimum Gasteiger partial charge on any atom is -0.373 e. The zero-order valence-corrected chi connectivity index (χ0v) is 21.9. The molecule has 0 bridgehead atoms. The molecule has 1 saturated carbocycles. The van der Waals surface area contributed by atoms with Gasteiger partial charge in [-0.2, -0.15) is 10.5 Å². The monoisotopic (exact) mass is 551 g/mol. The maximum absolute atomic E-state index is 9.86. The van der Waals surface area contributed by atoms with Gasteiger partial charge >= 0.3 is 0 Å². The molecule has 5 aromatic rings. The van der Waals surface area contributed by atoms with Gasteiger partial charge in [0.05, 0.1) is 53.1 Å². The number of halogens is 2. The van der Waals surface area contributed by atoms with Crippen LogP contribution < -0.4 is 10.6 Å². The first kappa shape index (κ1) is 23.5. The summed E-state index contributed by atoms with van der Waals surface area (Å²) in [5.41, 5.74) is 3.76. The highest BCUT2D eigenvalue weighted by atomic mass is 35.5. The quantitative estimate of drug-likeness (QED) is 0.220. The highest BCUT2D eigenvalue weighted by Gasteiger charge is 2.27. The van der Waals surface area contributed by atoms with Crippen molar-refractivity contribution in [2.45, 2.75) is 24.9 Å². The summed E-state index contributed by atoms with van der Waals surface area (Å²) in [6.45, 7) is 0. The molecule has 1 aliphatic rings. The predicted octanol–water partition coefficient (Wildman–Crippen LogP) is 7.16. The molecule has 39 heavy (non-hydrogen) atoms. The van der Waals surface area contributed by atoms with E-state index in [0.717, 1.165) is 12.8 Å². The van der Waals surface area contributed by atoms with Crippen molar-refractivity contribution in [3.05, 3.63) is 105 Å². The molecule has 0 amide bonds. The number of pyridine rings is 1. The van der Waals surface area contributed by atoms with Crippen molar-refractivity contribution in [2.24, 2.45) is 0 Å². The number of rotatable bonds is 7. The Labute approximate surface area is 235 Å². The molecule has 1 aliphatic carbocycles. The van der Waals surface area contributed by atoms with Crippen LogP contribution >= 0.6 is 23.2 Å². The summed E-state index contributed by atoms with van der Waals surface area (Å²) in [5, 5.41) is 36.0. The van der Waals surface area contributed by atoms with Crippen molar-refractivity contribution in [1.29, 1.82) is 10.5 Å². The SMILES string of the molecule is [2H][C@@](Nc1cc(Cl)c2ncc(C#N)c(Nc3cccc(Cl)c3)c2c1)(c1cccc(C#N)c1)c1cn(C2CC2)nn1. The Morgan fingerprint density at radius 3 is 2.64 bits per heavy atom. The molecule has 1 fully saturated rings. The van der Waals surface area contributed by atoms with Gasteiger partial charge in [-0.15, -0.1) is 5.10 Å². The molecular formula is C29H20Cl2N8. The minimum absolute atomic E-state index is 0.279. The summed E-state index contributed by atoms with van der Waals surface area (Å²) in [5.74, 6) is 0. The number of nitrogens with zero attached hydrogens (tertiary/aromatic N) is 6. The van der Waals surface area contributed by atoms with Gasteiger partial charge in [0.1, 0.15) is 11.8 Å². The number of fused-ring (bicyclic) bond motifs is 1.